The topological polar surface area (TPSA) is 33.1 Å². The molecule has 7 heteroatoms. The maximum absolute atomic E-state index is 7.10. The predicted octanol–water partition coefficient (Wildman–Crippen LogP) is 16.6. The molecule has 370 valence electrons. The van der Waals surface area contributed by atoms with Crippen LogP contribution in [-0.4, -0.2) is 11.3 Å². The number of benzene rings is 9. The predicted molar refractivity (Wildman–Crippen MR) is 318 cm³/mol. The van der Waals surface area contributed by atoms with Gasteiger partial charge in [0.05, 0.1) is 11.0 Å². The summed E-state index contributed by atoms with van der Waals surface area (Å²) in [6.45, 7) is 9.04. The van der Waals surface area contributed by atoms with Gasteiger partial charge in [-0.1, -0.05) is 134 Å². The van der Waals surface area contributed by atoms with Crippen LogP contribution in [0.3, 0.4) is 0 Å². The van der Waals surface area contributed by atoms with Gasteiger partial charge in [0.2, 0.25) is 0 Å². The Hall–Kier alpha value is -9.20. The fraction of sp³-hybridized carbons (Fsp3) is 0.114. The van der Waals surface area contributed by atoms with E-state index in [1.54, 1.807) is 0 Å². The molecule has 0 radical (unpaired) electrons. The van der Waals surface area contributed by atoms with Crippen molar-refractivity contribution in [2.24, 2.45) is 11.8 Å². The first-order valence-corrected chi connectivity index (χ1v) is 27.1. The highest BCUT2D eigenvalue weighted by Crippen LogP contribution is 2.55. The first-order valence-electron chi connectivity index (χ1n) is 27.1. The van der Waals surface area contributed by atoms with E-state index in [1.165, 1.54) is 72.4 Å². The van der Waals surface area contributed by atoms with E-state index in [4.69, 9.17) is 9.47 Å². The van der Waals surface area contributed by atoms with Gasteiger partial charge in [0.1, 0.15) is 23.0 Å². The minimum absolute atomic E-state index is 0.0473. The summed E-state index contributed by atoms with van der Waals surface area (Å²) in [5.74, 6) is 3.93. The van der Waals surface area contributed by atoms with E-state index in [1.807, 2.05) is 0 Å². The van der Waals surface area contributed by atoms with Crippen LogP contribution in [0.25, 0.3) is 27.5 Å². The molecule has 4 heterocycles. The molecule has 0 spiro atoms. The fourth-order valence-corrected chi connectivity index (χ4v) is 13.3. The summed E-state index contributed by atoms with van der Waals surface area (Å²) >= 11 is 0. The summed E-state index contributed by atoms with van der Waals surface area (Å²) in [6.07, 6.45) is 7.84. The highest BCUT2D eigenvalue weighted by Gasteiger charge is 2.46. The molecule has 3 aliphatic heterocycles. The summed E-state index contributed by atoms with van der Waals surface area (Å²) in [4.78, 5) is 7.37. The fourth-order valence-electron chi connectivity index (χ4n) is 13.3. The Morgan fingerprint density at radius 3 is 1.91 bits per heavy atom. The van der Waals surface area contributed by atoms with Crippen molar-refractivity contribution in [1.29, 1.82) is 0 Å². The summed E-state index contributed by atoms with van der Waals surface area (Å²) < 4.78 is 16.6. The van der Waals surface area contributed by atoms with Crippen molar-refractivity contribution in [3.8, 4) is 22.9 Å². The van der Waals surface area contributed by atoms with Crippen LogP contribution in [0.4, 0.5) is 34.1 Å². The number of hydrogen-bond acceptors (Lipinski definition) is 5. The lowest BCUT2D eigenvalue weighted by Gasteiger charge is -2.40. The van der Waals surface area contributed by atoms with Crippen LogP contribution in [0, 0.1) is 25.7 Å². The molecule has 10 aromatic rings. The molecule has 0 N–H and O–H groups in total. The number of ether oxygens (including phenoxy) is 2. The molecule has 9 aromatic carbocycles. The number of para-hydroxylation sites is 4. The van der Waals surface area contributed by atoms with E-state index in [9.17, 15) is 0 Å². The molecule has 3 atom stereocenters. The molecule has 77 heavy (non-hydrogen) atoms. The summed E-state index contributed by atoms with van der Waals surface area (Å²) in [6, 6.07) is 77.2. The lowest BCUT2D eigenvalue weighted by molar-refractivity contribution is 0.417. The maximum atomic E-state index is 7.10. The number of anilines is 6. The third-order valence-electron chi connectivity index (χ3n) is 16.8. The highest BCUT2D eigenvalue weighted by atomic mass is 16.5. The molecule has 5 aliphatic rings. The zero-order valence-electron chi connectivity index (χ0n) is 43.6. The van der Waals surface area contributed by atoms with Gasteiger partial charge in [-0.15, -0.1) is 0 Å². The Morgan fingerprint density at radius 2 is 1.14 bits per heavy atom. The molecule has 0 amide bonds. The number of hydrogen-bond donors (Lipinski definition) is 0. The van der Waals surface area contributed by atoms with Crippen molar-refractivity contribution in [1.82, 2.24) is 4.57 Å². The normalized spacial score (nSPS) is 17.8. The standard InChI is InChI=1S/C70H55BN4O2/c1-44-26-30-50(31-27-44)72(52-35-37-62-57(41-52)55-20-11-13-22-60(55)74(62)48-16-7-5-8-17-48)54-40-46(3)69-67(43-54)77-65-25-15-24-64-70(65)71(69)58-36-34-53(42-66(58)76-64)73(51-32-28-45(2)29-33-51)59-38-39-63-68(47(59)4)56-21-12-14-23-61(56)75(63)49-18-9-6-10-19-49/h5-39,41-43,46-47,68H,40H2,1-4H3. The van der Waals surface area contributed by atoms with Crippen LogP contribution < -0.4 is 35.1 Å². The van der Waals surface area contributed by atoms with Crippen LogP contribution >= 0.6 is 0 Å². The average molecular weight is 995 g/mol. The first-order chi connectivity index (χ1) is 37.8. The van der Waals surface area contributed by atoms with Crippen LogP contribution in [0.5, 0.6) is 17.2 Å². The molecule has 2 aliphatic carbocycles. The molecule has 6 nitrogen and oxygen atoms in total. The molecule has 0 saturated heterocycles. The maximum Gasteiger partial charge on any atom is 0.256 e. The monoisotopic (exact) mass is 994 g/mol. The Morgan fingerprint density at radius 1 is 0.519 bits per heavy atom. The minimum Gasteiger partial charge on any atom is -0.459 e. The minimum atomic E-state index is -0.0473. The van der Waals surface area contributed by atoms with Gasteiger partial charge >= 0.3 is 0 Å². The SMILES string of the molecule is Cc1ccc(N(C2=CC3=C(B4c5ccc(N(C6=CC=C7C(c8ccccc8N7c7ccccc7)C6C)c6ccc(C)cc6)cc5Oc5cccc(c54)O3)C(C)C2)c2ccc3c(c2)c2ccccc2n3-c2ccccc2)cc1. The Labute approximate surface area is 450 Å². The molecule has 15 rings (SSSR count). The second kappa shape index (κ2) is 17.7. The quantitative estimate of drug-likeness (QED) is 0.142. The van der Waals surface area contributed by atoms with Crippen LogP contribution in [0.2, 0.25) is 0 Å². The third kappa shape index (κ3) is 7.17. The third-order valence-corrected chi connectivity index (χ3v) is 16.8. The zero-order chi connectivity index (χ0) is 51.5. The second-order valence-corrected chi connectivity index (χ2v) is 21.5. The van der Waals surface area contributed by atoms with Crippen LogP contribution in [-0.2, 0) is 0 Å². The molecular weight excluding hydrogens is 940 g/mol. The van der Waals surface area contributed by atoms with E-state index in [0.717, 1.165) is 68.8 Å². The van der Waals surface area contributed by atoms with Crippen molar-refractivity contribution >= 4 is 73.6 Å². The van der Waals surface area contributed by atoms with Crippen molar-refractivity contribution < 1.29 is 9.47 Å². The Kier molecular flexibility index (Phi) is 10.4. The zero-order valence-corrected chi connectivity index (χ0v) is 43.6. The van der Waals surface area contributed by atoms with Crippen molar-refractivity contribution in [2.45, 2.75) is 40.0 Å². The largest absolute Gasteiger partial charge is 0.459 e. The van der Waals surface area contributed by atoms with E-state index in [0.29, 0.717) is 0 Å². The molecule has 3 unspecified atom stereocenters. The van der Waals surface area contributed by atoms with E-state index >= 15 is 0 Å². The van der Waals surface area contributed by atoms with Gasteiger partial charge in [-0.25, -0.2) is 0 Å². The smallest absolute Gasteiger partial charge is 0.256 e. The Balaban J connectivity index is 0.846. The van der Waals surface area contributed by atoms with Crippen molar-refractivity contribution in [2.75, 3.05) is 14.7 Å². The average Bonchev–Trinajstić information content (AvgIpc) is 4.02. The summed E-state index contributed by atoms with van der Waals surface area (Å²) in [5, 5.41) is 2.44. The second-order valence-electron chi connectivity index (χ2n) is 21.5. The van der Waals surface area contributed by atoms with Crippen LogP contribution in [0.15, 0.2) is 259 Å². The van der Waals surface area contributed by atoms with Gasteiger partial charge in [0.15, 0.2) is 0 Å². The number of allylic oxidation sites excluding steroid dienone is 7. The molecule has 0 fully saturated rings. The molecule has 0 bridgehead atoms. The van der Waals surface area contributed by atoms with Crippen molar-refractivity contribution in [3.05, 3.63) is 276 Å². The van der Waals surface area contributed by atoms with E-state index < -0.39 is 0 Å². The number of aromatic nitrogens is 1. The van der Waals surface area contributed by atoms with Gasteiger partial charge in [0, 0.05) is 91.0 Å². The highest BCUT2D eigenvalue weighted by molar-refractivity contribution is 6.93. The van der Waals surface area contributed by atoms with Gasteiger partial charge < -0.3 is 28.7 Å². The lowest BCUT2D eigenvalue weighted by Crippen LogP contribution is -2.53. The molecule has 0 saturated carbocycles. The lowest BCUT2D eigenvalue weighted by atomic mass is 9.32. The Bertz CT molecular complexity index is 4150. The van der Waals surface area contributed by atoms with Gasteiger partial charge in [0.25, 0.3) is 6.71 Å². The molecular formula is C70H55BN4O2. The number of fused-ring (bicyclic) bond motifs is 9. The summed E-state index contributed by atoms with van der Waals surface area (Å²) in [7, 11) is 0. The van der Waals surface area contributed by atoms with E-state index in [2.05, 4.69) is 278 Å². The number of nitrogens with zero attached hydrogens (tertiary/aromatic N) is 4. The van der Waals surface area contributed by atoms with Crippen molar-refractivity contribution in [3.63, 3.8) is 0 Å². The summed E-state index contributed by atoms with van der Waals surface area (Å²) in [5.41, 5.74) is 21.4. The number of rotatable bonds is 8. The van der Waals surface area contributed by atoms with Crippen LogP contribution in [0.1, 0.15) is 42.9 Å². The van der Waals surface area contributed by atoms with Gasteiger partial charge in [-0.2, -0.15) is 0 Å². The van der Waals surface area contributed by atoms with Gasteiger partial charge in [-0.05, 0) is 158 Å². The van der Waals surface area contributed by atoms with E-state index in [-0.39, 0.29) is 24.5 Å². The first kappa shape index (κ1) is 45.2. The number of aryl methyl sites for hydroxylation is 2. The molecule has 1 aromatic heterocycles. The van der Waals surface area contributed by atoms with Gasteiger partial charge in [-0.3, -0.25) is 0 Å².